The van der Waals surface area contributed by atoms with Crippen molar-refractivity contribution in [2.24, 2.45) is 5.92 Å². The molecule has 0 aromatic heterocycles. The number of unbranched alkanes of at least 4 members (excludes halogenated alkanes) is 11. The average molecular weight is 325 g/mol. The third kappa shape index (κ3) is 14.8. The third-order valence-electron chi connectivity index (χ3n) is 4.95. The second-order valence-electron chi connectivity index (χ2n) is 7.45. The van der Waals surface area contributed by atoms with Crippen LogP contribution in [-0.2, 0) is 9.53 Å². The van der Waals surface area contributed by atoms with Gasteiger partial charge in [-0.3, -0.25) is 4.79 Å². The molecule has 1 saturated carbocycles. The van der Waals surface area contributed by atoms with E-state index < -0.39 is 0 Å². The van der Waals surface area contributed by atoms with E-state index in [9.17, 15) is 4.79 Å². The van der Waals surface area contributed by atoms with Gasteiger partial charge in [0.2, 0.25) is 0 Å². The van der Waals surface area contributed by atoms with Gasteiger partial charge in [-0.15, -0.1) is 0 Å². The van der Waals surface area contributed by atoms with E-state index in [-0.39, 0.29) is 5.97 Å². The molecule has 136 valence electrons. The lowest BCUT2D eigenvalue weighted by Gasteiger charge is -2.05. The van der Waals surface area contributed by atoms with Crippen molar-refractivity contribution in [1.82, 2.24) is 0 Å². The first-order valence-electron chi connectivity index (χ1n) is 10.5. The molecule has 2 heteroatoms. The largest absolute Gasteiger partial charge is 0.466 e. The van der Waals surface area contributed by atoms with Crippen LogP contribution in [0.3, 0.4) is 0 Å². The number of carbonyl (C=O) groups is 1. The molecule has 0 bridgehead atoms. The van der Waals surface area contributed by atoms with Crippen LogP contribution in [0.5, 0.6) is 0 Å². The maximum Gasteiger partial charge on any atom is 0.305 e. The molecule has 1 aliphatic rings. The number of hydrogen-bond acceptors (Lipinski definition) is 2. The maximum absolute atomic E-state index is 11.3. The Morgan fingerprint density at radius 1 is 0.783 bits per heavy atom. The van der Waals surface area contributed by atoms with Crippen LogP contribution in [0.25, 0.3) is 0 Å². The molecule has 1 rings (SSSR count). The topological polar surface area (TPSA) is 26.3 Å². The Balaban J connectivity index is 1.65. The number of carbonyl (C=O) groups excluding carboxylic acids is 1. The fourth-order valence-electron chi connectivity index (χ4n) is 3.11. The van der Waals surface area contributed by atoms with Crippen LogP contribution >= 0.6 is 0 Å². The molecule has 0 atom stereocenters. The Kier molecular flexibility index (Phi) is 13.4. The molecule has 0 N–H and O–H groups in total. The average Bonchev–Trinajstić information content (AvgIpc) is 3.37. The van der Waals surface area contributed by atoms with Crippen molar-refractivity contribution < 1.29 is 9.53 Å². The van der Waals surface area contributed by atoms with Crippen LogP contribution in [-0.4, -0.2) is 12.6 Å². The molecule has 0 unspecified atom stereocenters. The lowest BCUT2D eigenvalue weighted by Crippen LogP contribution is -2.05. The van der Waals surface area contributed by atoms with Crippen LogP contribution in [0.2, 0.25) is 0 Å². The zero-order valence-corrected chi connectivity index (χ0v) is 15.6. The monoisotopic (exact) mass is 324 g/mol. The van der Waals surface area contributed by atoms with Crippen LogP contribution < -0.4 is 0 Å². The Morgan fingerprint density at radius 3 is 1.83 bits per heavy atom. The molecule has 0 saturated heterocycles. The molecular formula is C21H40O2. The minimum absolute atomic E-state index is 0.0102. The quantitative estimate of drug-likeness (QED) is 0.217. The molecule has 1 fully saturated rings. The third-order valence-corrected chi connectivity index (χ3v) is 4.95. The summed E-state index contributed by atoms with van der Waals surface area (Å²) in [5.41, 5.74) is 0. The lowest BCUT2D eigenvalue weighted by molar-refractivity contribution is -0.143. The van der Waals surface area contributed by atoms with Gasteiger partial charge in [0.05, 0.1) is 6.61 Å². The smallest absolute Gasteiger partial charge is 0.305 e. The van der Waals surface area contributed by atoms with Gasteiger partial charge >= 0.3 is 5.97 Å². The summed E-state index contributed by atoms with van der Waals surface area (Å²) in [5, 5.41) is 0. The van der Waals surface area contributed by atoms with Gasteiger partial charge in [0.1, 0.15) is 0 Å². The van der Waals surface area contributed by atoms with Crippen molar-refractivity contribution in [3.63, 3.8) is 0 Å². The Morgan fingerprint density at radius 2 is 1.30 bits per heavy atom. The van der Waals surface area contributed by atoms with E-state index in [2.05, 4.69) is 6.92 Å². The molecule has 23 heavy (non-hydrogen) atoms. The van der Waals surface area contributed by atoms with Crippen LogP contribution in [0, 0.1) is 5.92 Å². The van der Waals surface area contributed by atoms with Crippen LogP contribution in [0.4, 0.5) is 0 Å². The predicted molar refractivity (Wildman–Crippen MR) is 98.6 cm³/mol. The molecule has 0 heterocycles. The second-order valence-corrected chi connectivity index (χ2v) is 7.45. The van der Waals surface area contributed by atoms with E-state index >= 15 is 0 Å². The van der Waals surface area contributed by atoms with Gasteiger partial charge in [-0.2, -0.15) is 0 Å². The Bertz CT molecular complexity index is 271. The van der Waals surface area contributed by atoms with Crippen LogP contribution in [0.1, 0.15) is 116 Å². The summed E-state index contributed by atoms with van der Waals surface area (Å²) in [6.45, 7) is 2.73. The first-order chi connectivity index (χ1) is 11.3. The van der Waals surface area contributed by atoms with E-state index in [0.29, 0.717) is 13.0 Å². The number of hydrogen-bond donors (Lipinski definition) is 0. The van der Waals surface area contributed by atoms with E-state index in [1.54, 1.807) is 0 Å². The highest BCUT2D eigenvalue weighted by atomic mass is 16.5. The van der Waals surface area contributed by atoms with Gasteiger partial charge in [0.15, 0.2) is 0 Å². The minimum atomic E-state index is -0.0102. The summed E-state index contributed by atoms with van der Waals surface area (Å²) in [6.07, 6.45) is 22.1. The van der Waals surface area contributed by atoms with Crippen molar-refractivity contribution in [3.8, 4) is 0 Å². The molecular weight excluding hydrogens is 284 g/mol. The molecule has 0 amide bonds. The number of esters is 1. The van der Waals surface area contributed by atoms with E-state index in [4.69, 9.17) is 4.74 Å². The maximum atomic E-state index is 11.3. The summed E-state index contributed by atoms with van der Waals surface area (Å²) in [5.74, 6) is 1.11. The highest BCUT2D eigenvalue weighted by molar-refractivity contribution is 5.69. The van der Waals surface area contributed by atoms with Crippen molar-refractivity contribution in [1.29, 1.82) is 0 Å². The van der Waals surface area contributed by atoms with Crippen molar-refractivity contribution in [3.05, 3.63) is 0 Å². The van der Waals surface area contributed by atoms with Crippen molar-refractivity contribution in [2.45, 2.75) is 116 Å². The number of rotatable bonds is 17. The fourth-order valence-corrected chi connectivity index (χ4v) is 3.11. The highest BCUT2D eigenvalue weighted by Gasteiger charge is 2.19. The molecule has 0 aromatic rings. The SMILES string of the molecule is CCCCC(=O)OCCCCCCCCCCCCCC1CC1. The molecule has 0 radical (unpaired) electrons. The summed E-state index contributed by atoms with van der Waals surface area (Å²) in [6, 6.07) is 0. The van der Waals surface area contributed by atoms with Gasteiger partial charge < -0.3 is 4.74 Å². The first-order valence-corrected chi connectivity index (χ1v) is 10.5. The normalized spacial score (nSPS) is 14.1. The van der Waals surface area contributed by atoms with Gasteiger partial charge in [-0.25, -0.2) is 0 Å². The molecule has 1 aliphatic carbocycles. The van der Waals surface area contributed by atoms with Gasteiger partial charge in [-0.05, 0) is 18.8 Å². The van der Waals surface area contributed by atoms with Crippen LogP contribution in [0.15, 0.2) is 0 Å². The molecule has 0 aliphatic heterocycles. The Labute approximate surface area is 144 Å². The van der Waals surface area contributed by atoms with Gasteiger partial charge in [-0.1, -0.05) is 96.8 Å². The summed E-state index contributed by atoms with van der Waals surface area (Å²) in [7, 11) is 0. The number of ether oxygens (including phenoxy) is 1. The Hall–Kier alpha value is -0.530. The van der Waals surface area contributed by atoms with E-state index in [1.807, 2.05) is 0 Å². The predicted octanol–water partition coefficient (Wildman–Crippen LogP) is 6.81. The zero-order valence-electron chi connectivity index (χ0n) is 15.6. The summed E-state index contributed by atoms with van der Waals surface area (Å²) < 4.78 is 5.22. The standard InChI is InChI=1S/C21H40O2/c1-2-3-16-21(22)23-19-14-12-10-8-6-4-5-7-9-11-13-15-20-17-18-20/h20H,2-19H2,1H3. The van der Waals surface area contributed by atoms with Crippen molar-refractivity contribution >= 4 is 5.97 Å². The van der Waals surface area contributed by atoms with E-state index in [1.165, 1.54) is 83.5 Å². The van der Waals surface area contributed by atoms with Crippen molar-refractivity contribution in [2.75, 3.05) is 6.61 Å². The summed E-state index contributed by atoms with van der Waals surface area (Å²) in [4.78, 5) is 11.3. The second kappa shape index (κ2) is 15.0. The lowest BCUT2D eigenvalue weighted by atomic mass is 10.0. The molecule has 2 nitrogen and oxygen atoms in total. The zero-order chi connectivity index (χ0) is 16.6. The fraction of sp³-hybridized carbons (Fsp3) is 0.952. The van der Waals surface area contributed by atoms with E-state index in [0.717, 1.165) is 25.2 Å². The molecule has 0 spiro atoms. The highest BCUT2D eigenvalue weighted by Crippen LogP contribution is 2.34. The minimum Gasteiger partial charge on any atom is -0.466 e. The van der Waals surface area contributed by atoms with Gasteiger partial charge in [0, 0.05) is 6.42 Å². The summed E-state index contributed by atoms with van der Waals surface area (Å²) >= 11 is 0. The molecule has 0 aromatic carbocycles. The van der Waals surface area contributed by atoms with Gasteiger partial charge in [0.25, 0.3) is 0 Å². The first kappa shape index (κ1) is 20.5.